The van der Waals surface area contributed by atoms with Crippen LogP contribution in [0.3, 0.4) is 0 Å². The van der Waals surface area contributed by atoms with Crippen LogP contribution in [0.5, 0.6) is 0 Å². The van der Waals surface area contributed by atoms with Gasteiger partial charge in [0.15, 0.2) is 0 Å². The monoisotopic (exact) mass is 200 g/mol. The first kappa shape index (κ1) is 9.61. The molecule has 2 aliphatic heterocycles. The van der Waals surface area contributed by atoms with Crippen LogP contribution >= 0.6 is 0 Å². The van der Waals surface area contributed by atoms with Crippen LogP contribution in [-0.4, -0.2) is 12.1 Å². The lowest BCUT2D eigenvalue weighted by Crippen LogP contribution is -2.45. The second kappa shape index (κ2) is 4.06. The average molecular weight is 200 g/mol. The second-order valence-electron chi connectivity index (χ2n) is 3.77. The highest BCUT2D eigenvalue weighted by Gasteiger charge is 2.26. The molecule has 0 spiro atoms. The van der Waals surface area contributed by atoms with Crippen molar-refractivity contribution in [2.75, 3.05) is 0 Å². The average Bonchev–Trinajstić information content (AvgIpc) is 2.78. The predicted molar refractivity (Wildman–Crippen MR) is 55.1 cm³/mol. The third-order valence-corrected chi connectivity index (χ3v) is 2.81. The minimum absolute atomic E-state index is 0.247. The van der Waals surface area contributed by atoms with Crippen molar-refractivity contribution in [2.45, 2.75) is 31.3 Å². The summed E-state index contributed by atoms with van der Waals surface area (Å²) in [4.78, 5) is 0. The van der Waals surface area contributed by atoms with E-state index in [-0.39, 0.29) is 12.1 Å². The molecule has 0 aromatic heterocycles. The van der Waals surface area contributed by atoms with Gasteiger partial charge in [-0.05, 0) is 25.3 Å². The minimum Gasteiger partial charge on any atom is -0.372 e. The predicted octanol–water partition coefficient (Wildman–Crippen LogP) is 0.915. The van der Waals surface area contributed by atoms with Gasteiger partial charge in [0, 0.05) is 6.04 Å². The molecule has 0 unspecified atom stereocenters. The van der Waals surface area contributed by atoms with Gasteiger partial charge < -0.3 is 10.6 Å². The maximum atomic E-state index is 8.78. The van der Waals surface area contributed by atoms with Crippen molar-refractivity contribution in [3.05, 3.63) is 23.5 Å². The van der Waals surface area contributed by atoms with Crippen LogP contribution in [-0.2, 0) is 0 Å². The molecule has 0 saturated heterocycles. The molecule has 2 atom stereocenters. The molecule has 0 radical (unpaired) electrons. The maximum Gasteiger partial charge on any atom is 0.117 e. The summed E-state index contributed by atoms with van der Waals surface area (Å²) >= 11 is 0. The molecule has 76 valence electrons. The lowest BCUT2D eigenvalue weighted by Gasteiger charge is -2.28. The van der Waals surface area contributed by atoms with Crippen molar-refractivity contribution >= 4 is 0 Å². The van der Waals surface area contributed by atoms with Crippen molar-refractivity contribution in [3.8, 4) is 12.1 Å². The normalized spacial score (nSPS) is 28.9. The Morgan fingerprint density at radius 3 is 2.40 bits per heavy atom. The number of hydrogen-bond acceptors (Lipinski definition) is 4. The van der Waals surface area contributed by atoms with Gasteiger partial charge in [0.05, 0.1) is 6.04 Å². The Morgan fingerprint density at radius 1 is 1.07 bits per heavy atom. The third kappa shape index (κ3) is 1.94. The summed E-state index contributed by atoms with van der Waals surface area (Å²) in [5, 5.41) is 23.8. The van der Waals surface area contributed by atoms with E-state index in [0.29, 0.717) is 11.4 Å². The highest BCUT2D eigenvalue weighted by atomic mass is 15.0. The molecular formula is C11H12N4. The quantitative estimate of drug-likeness (QED) is 0.660. The van der Waals surface area contributed by atoms with Crippen LogP contribution in [0.15, 0.2) is 23.5 Å². The van der Waals surface area contributed by atoms with Gasteiger partial charge in [-0.25, -0.2) is 0 Å². The highest BCUT2D eigenvalue weighted by molar-refractivity contribution is 5.27. The number of nitrogens with one attached hydrogen (secondary N) is 2. The molecule has 0 fully saturated rings. The molecule has 0 bridgehead atoms. The van der Waals surface area contributed by atoms with Crippen LogP contribution in [0.25, 0.3) is 0 Å². The standard InChI is InChI=1S/C11H12N4/c12-6-8-2-1-3-10(14-8)11-5-4-9(7-13)15-11/h2,4,10-11,14-15H,1,3,5H2/t10-,11-/m1/s1. The first-order valence-electron chi connectivity index (χ1n) is 5.07. The Balaban J connectivity index is 1.96. The van der Waals surface area contributed by atoms with Crippen LogP contribution in [0.4, 0.5) is 0 Å². The molecule has 0 aromatic rings. The van der Waals surface area contributed by atoms with E-state index in [1.54, 1.807) is 0 Å². The second-order valence-corrected chi connectivity index (χ2v) is 3.77. The topological polar surface area (TPSA) is 71.6 Å². The Kier molecular flexibility index (Phi) is 2.60. The third-order valence-electron chi connectivity index (χ3n) is 2.81. The summed E-state index contributed by atoms with van der Waals surface area (Å²) in [5.74, 6) is 0. The van der Waals surface area contributed by atoms with E-state index in [9.17, 15) is 0 Å². The Hall–Kier alpha value is -1.94. The zero-order chi connectivity index (χ0) is 10.7. The van der Waals surface area contributed by atoms with E-state index >= 15 is 0 Å². The number of hydrogen-bond donors (Lipinski definition) is 2. The van der Waals surface area contributed by atoms with Crippen molar-refractivity contribution in [2.24, 2.45) is 0 Å². The first-order chi connectivity index (χ1) is 7.33. The van der Waals surface area contributed by atoms with E-state index in [1.807, 2.05) is 12.2 Å². The van der Waals surface area contributed by atoms with Crippen molar-refractivity contribution < 1.29 is 0 Å². The van der Waals surface area contributed by atoms with E-state index in [1.165, 1.54) is 0 Å². The van der Waals surface area contributed by atoms with Gasteiger partial charge in [0.1, 0.15) is 23.5 Å². The van der Waals surface area contributed by atoms with E-state index in [4.69, 9.17) is 10.5 Å². The fraction of sp³-hybridized carbons (Fsp3) is 0.455. The smallest absolute Gasteiger partial charge is 0.117 e. The van der Waals surface area contributed by atoms with E-state index in [0.717, 1.165) is 19.3 Å². The van der Waals surface area contributed by atoms with E-state index < -0.39 is 0 Å². The van der Waals surface area contributed by atoms with Gasteiger partial charge in [-0.2, -0.15) is 10.5 Å². The zero-order valence-corrected chi connectivity index (χ0v) is 8.33. The summed E-state index contributed by atoms with van der Waals surface area (Å²) in [6.45, 7) is 0. The number of allylic oxidation sites excluding steroid dienone is 3. The van der Waals surface area contributed by atoms with Crippen LogP contribution < -0.4 is 10.6 Å². The van der Waals surface area contributed by atoms with Crippen LogP contribution in [0.2, 0.25) is 0 Å². The summed E-state index contributed by atoms with van der Waals surface area (Å²) in [6, 6.07) is 4.73. The summed E-state index contributed by atoms with van der Waals surface area (Å²) in [6.07, 6.45) is 6.64. The molecule has 0 amide bonds. The van der Waals surface area contributed by atoms with Crippen LogP contribution in [0, 0.1) is 22.7 Å². The lowest BCUT2D eigenvalue weighted by atomic mass is 9.98. The fourth-order valence-corrected chi connectivity index (χ4v) is 2.02. The molecule has 2 aliphatic rings. The van der Waals surface area contributed by atoms with Gasteiger partial charge in [0.2, 0.25) is 0 Å². The SMILES string of the molecule is N#CC1=CC[C@H]([C@H]2CCC=C(C#N)N2)N1. The first-order valence-corrected chi connectivity index (χ1v) is 5.07. The molecule has 4 nitrogen and oxygen atoms in total. The van der Waals surface area contributed by atoms with Crippen molar-refractivity contribution in [1.29, 1.82) is 10.5 Å². The molecule has 4 heteroatoms. The number of nitrogens with zero attached hydrogens (tertiary/aromatic N) is 2. The summed E-state index contributed by atoms with van der Waals surface area (Å²) in [5.41, 5.74) is 1.30. The largest absolute Gasteiger partial charge is 0.372 e. The molecule has 0 aromatic carbocycles. The number of nitriles is 2. The van der Waals surface area contributed by atoms with Gasteiger partial charge in [-0.15, -0.1) is 0 Å². The van der Waals surface area contributed by atoms with Crippen LogP contribution in [0.1, 0.15) is 19.3 Å². The molecular weight excluding hydrogens is 188 g/mol. The Labute approximate surface area is 88.9 Å². The minimum atomic E-state index is 0.247. The van der Waals surface area contributed by atoms with E-state index in [2.05, 4.69) is 22.8 Å². The van der Waals surface area contributed by atoms with Gasteiger partial charge >= 0.3 is 0 Å². The molecule has 15 heavy (non-hydrogen) atoms. The molecule has 2 N–H and O–H groups in total. The van der Waals surface area contributed by atoms with Gasteiger partial charge in [-0.3, -0.25) is 0 Å². The lowest BCUT2D eigenvalue weighted by molar-refractivity contribution is 0.405. The highest BCUT2D eigenvalue weighted by Crippen LogP contribution is 2.19. The van der Waals surface area contributed by atoms with Crippen molar-refractivity contribution in [3.63, 3.8) is 0 Å². The molecule has 0 saturated carbocycles. The molecule has 2 rings (SSSR count). The van der Waals surface area contributed by atoms with Gasteiger partial charge in [0.25, 0.3) is 0 Å². The fourth-order valence-electron chi connectivity index (χ4n) is 2.02. The Bertz CT molecular complexity index is 394. The number of rotatable bonds is 1. The molecule has 2 heterocycles. The van der Waals surface area contributed by atoms with Crippen molar-refractivity contribution in [1.82, 2.24) is 10.6 Å². The summed E-state index contributed by atoms with van der Waals surface area (Å²) < 4.78 is 0. The molecule has 0 aliphatic carbocycles. The summed E-state index contributed by atoms with van der Waals surface area (Å²) in [7, 11) is 0. The van der Waals surface area contributed by atoms with Gasteiger partial charge in [-0.1, -0.05) is 6.08 Å². The zero-order valence-electron chi connectivity index (χ0n) is 8.33. The maximum absolute atomic E-state index is 8.78. The Morgan fingerprint density at radius 2 is 1.73 bits per heavy atom.